The van der Waals surface area contributed by atoms with E-state index in [0.29, 0.717) is 5.69 Å². The monoisotopic (exact) mass is 585 g/mol. The molecule has 0 aliphatic rings. The Labute approximate surface area is 232 Å². The van der Waals surface area contributed by atoms with Gasteiger partial charge in [0, 0.05) is 17.4 Å². The van der Waals surface area contributed by atoms with Gasteiger partial charge in [0.05, 0.1) is 33.5 Å². The van der Waals surface area contributed by atoms with Crippen molar-refractivity contribution >= 4 is 64.4 Å². The van der Waals surface area contributed by atoms with Crippen LogP contribution in [0, 0.1) is 0 Å². The molecule has 0 aliphatic heterocycles. The molecule has 0 atom stereocenters. The van der Waals surface area contributed by atoms with Crippen molar-refractivity contribution in [2.45, 2.75) is 6.18 Å². The molecular formula is C25H21Cl3F3N5O2. The van der Waals surface area contributed by atoms with Crippen LogP contribution in [0.1, 0.15) is 16.1 Å². The fraction of sp³-hybridized carbons (Fsp3) is 0.160. The van der Waals surface area contributed by atoms with Gasteiger partial charge in [0.1, 0.15) is 0 Å². The van der Waals surface area contributed by atoms with Crippen LogP contribution >= 0.6 is 35.6 Å². The van der Waals surface area contributed by atoms with E-state index in [9.17, 15) is 22.8 Å². The minimum absolute atomic E-state index is 0. The Morgan fingerprint density at radius 1 is 0.974 bits per heavy atom. The minimum Gasteiger partial charge on any atom is -0.325 e. The van der Waals surface area contributed by atoms with Crippen LogP contribution in [0.5, 0.6) is 0 Å². The van der Waals surface area contributed by atoms with Crippen molar-refractivity contribution in [3.8, 4) is 11.3 Å². The molecule has 2 aromatic heterocycles. The normalized spacial score (nSPS) is 11.4. The molecule has 7 nitrogen and oxygen atoms in total. The van der Waals surface area contributed by atoms with E-state index in [1.807, 2.05) is 0 Å². The lowest BCUT2D eigenvalue weighted by Crippen LogP contribution is -2.27. The first-order chi connectivity index (χ1) is 17.5. The third kappa shape index (κ3) is 6.21. The van der Waals surface area contributed by atoms with Gasteiger partial charge in [-0.25, -0.2) is 4.98 Å². The van der Waals surface area contributed by atoms with E-state index in [-0.39, 0.29) is 63.1 Å². The zero-order valence-electron chi connectivity index (χ0n) is 19.9. The number of fused-ring (bicyclic) bond motifs is 1. The first-order valence-corrected chi connectivity index (χ1v) is 11.6. The largest absolute Gasteiger partial charge is 0.435 e. The standard InChI is InChI=1S/C25H20Cl2F3N5O2.ClH/c1-34(2)13-19(36)31-15-10-8-14(9-11-15)21-22(25(28,29)30)33-23-18(7-4-12-35(21)23)32-24(37)20-16(26)5-3-6-17(20)27;/h3-12H,13H2,1-2H3,(H,31,36)(H,32,37);1H. The fourth-order valence-corrected chi connectivity index (χ4v) is 4.31. The number of pyridine rings is 1. The summed E-state index contributed by atoms with van der Waals surface area (Å²) in [6.07, 6.45) is -3.37. The second-order valence-electron chi connectivity index (χ2n) is 8.34. The van der Waals surface area contributed by atoms with Crippen molar-refractivity contribution in [2.24, 2.45) is 0 Å². The zero-order chi connectivity index (χ0) is 26.9. The number of aromatic nitrogens is 2. The Balaban J connectivity index is 0.00000400. The molecular weight excluding hydrogens is 566 g/mol. The number of rotatable bonds is 6. The first kappa shape index (κ1) is 29.2. The number of anilines is 2. The van der Waals surface area contributed by atoms with Gasteiger partial charge in [0.2, 0.25) is 5.91 Å². The SMILES string of the molecule is CN(C)CC(=O)Nc1ccc(-c2c(C(F)(F)F)nc3c(NC(=O)c4c(Cl)cccc4Cl)cccn23)cc1.Cl. The lowest BCUT2D eigenvalue weighted by molar-refractivity contribution is -0.140. The maximum Gasteiger partial charge on any atom is 0.435 e. The Hall–Kier alpha value is -3.31. The molecule has 2 N–H and O–H groups in total. The van der Waals surface area contributed by atoms with Gasteiger partial charge in [0.15, 0.2) is 11.3 Å². The summed E-state index contributed by atoms with van der Waals surface area (Å²) < 4.78 is 43.4. The van der Waals surface area contributed by atoms with Crippen molar-refractivity contribution < 1.29 is 22.8 Å². The van der Waals surface area contributed by atoms with Crippen LogP contribution in [0.4, 0.5) is 24.5 Å². The topological polar surface area (TPSA) is 78.7 Å². The van der Waals surface area contributed by atoms with E-state index in [0.717, 1.165) is 0 Å². The highest BCUT2D eigenvalue weighted by molar-refractivity contribution is 6.40. The van der Waals surface area contributed by atoms with Crippen LogP contribution in [-0.4, -0.2) is 46.7 Å². The molecule has 4 aromatic rings. The van der Waals surface area contributed by atoms with Gasteiger partial charge in [0.25, 0.3) is 5.91 Å². The number of benzene rings is 2. The van der Waals surface area contributed by atoms with E-state index in [2.05, 4.69) is 15.6 Å². The summed E-state index contributed by atoms with van der Waals surface area (Å²) >= 11 is 12.2. The lowest BCUT2D eigenvalue weighted by atomic mass is 10.1. The van der Waals surface area contributed by atoms with Crippen LogP contribution in [0.25, 0.3) is 16.9 Å². The average Bonchev–Trinajstić information content (AvgIpc) is 3.20. The van der Waals surface area contributed by atoms with Crippen molar-refractivity contribution in [2.75, 3.05) is 31.3 Å². The van der Waals surface area contributed by atoms with Crippen molar-refractivity contribution in [3.05, 3.63) is 82.1 Å². The Kier molecular flexibility index (Phi) is 8.94. The summed E-state index contributed by atoms with van der Waals surface area (Å²) in [5.41, 5.74) is -0.805. The summed E-state index contributed by atoms with van der Waals surface area (Å²) in [7, 11) is 3.48. The predicted octanol–water partition coefficient (Wildman–Crippen LogP) is 6.50. The number of nitrogens with one attached hydrogen (secondary N) is 2. The molecule has 200 valence electrons. The molecule has 0 saturated carbocycles. The Bertz CT molecular complexity index is 1470. The third-order valence-corrected chi connectivity index (χ3v) is 5.89. The first-order valence-electron chi connectivity index (χ1n) is 10.8. The highest BCUT2D eigenvalue weighted by atomic mass is 35.5. The number of carbonyl (C=O) groups excluding carboxylic acids is 2. The van der Waals surface area contributed by atoms with Crippen molar-refractivity contribution in [1.29, 1.82) is 0 Å². The number of alkyl halides is 3. The van der Waals surface area contributed by atoms with Crippen LogP contribution in [0.15, 0.2) is 60.8 Å². The summed E-state index contributed by atoms with van der Waals surface area (Å²) in [6.45, 7) is 0.154. The van der Waals surface area contributed by atoms with E-state index < -0.39 is 17.8 Å². The van der Waals surface area contributed by atoms with Gasteiger partial charge in [-0.2, -0.15) is 13.2 Å². The smallest absolute Gasteiger partial charge is 0.325 e. The number of carbonyl (C=O) groups is 2. The summed E-state index contributed by atoms with van der Waals surface area (Å²) in [5.74, 6) is -0.956. The van der Waals surface area contributed by atoms with Crippen LogP contribution in [-0.2, 0) is 11.0 Å². The molecule has 0 bridgehead atoms. The van der Waals surface area contributed by atoms with E-state index in [1.165, 1.54) is 59.1 Å². The molecule has 2 amide bonds. The Morgan fingerprint density at radius 2 is 1.61 bits per heavy atom. The molecule has 0 spiro atoms. The molecule has 2 heterocycles. The molecule has 0 unspecified atom stereocenters. The molecule has 38 heavy (non-hydrogen) atoms. The summed E-state index contributed by atoms with van der Waals surface area (Å²) in [5, 5.41) is 5.44. The number of imidazole rings is 1. The molecule has 0 radical (unpaired) electrons. The van der Waals surface area contributed by atoms with E-state index >= 15 is 0 Å². The number of hydrogen-bond acceptors (Lipinski definition) is 4. The Morgan fingerprint density at radius 3 is 2.18 bits per heavy atom. The molecule has 0 aliphatic carbocycles. The highest BCUT2D eigenvalue weighted by Crippen LogP contribution is 2.39. The molecule has 0 saturated heterocycles. The number of nitrogens with zero attached hydrogens (tertiary/aromatic N) is 3. The van der Waals surface area contributed by atoms with Gasteiger partial charge in [-0.05, 0) is 50.5 Å². The lowest BCUT2D eigenvalue weighted by Gasteiger charge is -2.12. The third-order valence-electron chi connectivity index (χ3n) is 5.26. The molecule has 4 rings (SSSR count). The maximum atomic E-state index is 14.1. The quantitative estimate of drug-likeness (QED) is 0.270. The van der Waals surface area contributed by atoms with Gasteiger partial charge in [-0.3, -0.25) is 14.0 Å². The summed E-state index contributed by atoms with van der Waals surface area (Å²) in [4.78, 5) is 30.4. The number of halogens is 6. The van der Waals surface area contributed by atoms with E-state index in [1.54, 1.807) is 25.1 Å². The number of amides is 2. The van der Waals surface area contributed by atoms with Gasteiger partial charge >= 0.3 is 6.18 Å². The summed E-state index contributed by atoms with van der Waals surface area (Å²) in [6, 6.07) is 13.4. The van der Waals surface area contributed by atoms with E-state index in [4.69, 9.17) is 23.2 Å². The van der Waals surface area contributed by atoms with Crippen molar-refractivity contribution in [3.63, 3.8) is 0 Å². The fourth-order valence-electron chi connectivity index (χ4n) is 3.74. The van der Waals surface area contributed by atoms with Crippen molar-refractivity contribution in [1.82, 2.24) is 14.3 Å². The predicted molar refractivity (Wildman–Crippen MR) is 144 cm³/mol. The second-order valence-corrected chi connectivity index (χ2v) is 9.15. The van der Waals surface area contributed by atoms with Gasteiger partial charge in [-0.15, -0.1) is 12.4 Å². The van der Waals surface area contributed by atoms with Crippen LogP contribution in [0.3, 0.4) is 0 Å². The maximum absolute atomic E-state index is 14.1. The molecule has 2 aromatic carbocycles. The van der Waals surface area contributed by atoms with Gasteiger partial charge < -0.3 is 15.5 Å². The number of likely N-dealkylation sites (N-methyl/N-ethyl adjacent to an activating group) is 1. The van der Waals surface area contributed by atoms with Gasteiger partial charge in [-0.1, -0.05) is 41.4 Å². The average molecular weight is 587 g/mol. The molecule has 13 heteroatoms. The zero-order valence-corrected chi connectivity index (χ0v) is 22.3. The molecule has 0 fully saturated rings. The van der Waals surface area contributed by atoms with Crippen LogP contribution < -0.4 is 10.6 Å². The van der Waals surface area contributed by atoms with Crippen LogP contribution in [0.2, 0.25) is 10.0 Å². The number of hydrogen-bond donors (Lipinski definition) is 2. The second kappa shape index (κ2) is 11.6. The minimum atomic E-state index is -4.78. The highest BCUT2D eigenvalue weighted by Gasteiger charge is 2.38.